The minimum absolute atomic E-state index is 0.115. The number of nitrogens with one attached hydrogen (secondary N) is 1. The fourth-order valence-corrected chi connectivity index (χ4v) is 5.93. The standard InChI is InChI=1S/C12H20N2O3S2/c15-12(13-5-9-1-2-9)11-6-18-8-14(11)19(16,17)7-10-3-4-10/h9-11H,1-8H2,(H,13,15). The molecule has 108 valence electrons. The number of carbonyl (C=O) groups excluding carboxylic acids is 1. The van der Waals surface area contributed by atoms with Crippen molar-refractivity contribution in [2.45, 2.75) is 31.7 Å². The van der Waals surface area contributed by atoms with Gasteiger partial charge in [-0.15, -0.1) is 11.8 Å². The third-order valence-electron chi connectivity index (χ3n) is 3.91. The van der Waals surface area contributed by atoms with Gasteiger partial charge in [0.1, 0.15) is 6.04 Å². The molecule has 1 N–H and O–H groups in total. The molecule has 0 aromatic rings. The van der Waals surface area contributed by atoms with Crippen LogP contribution < -0.4 is 5.32 Å². The Morgan fingerprint density at radius 2 is 1.89 bits per heavy atom. The van der Waals surface area contributed by atoms with Crippen molar-refractivity contribution in [1.82, 2.24) is 9.62 Å². The van der Waals surface area contributed by atoms with Gasteiger partial charge < -0.3 is 5.32 Å². The lowest BCUT2D eigenvalue weighted by molar-refractivity contribution is -0.123. The van der Waals surface area contributed by atoms with Gasteiger partial charge in [0.25, 0.3) is 0 Å². The van der Waals surface area contributed by atoms with Crippen molar-refractivity contribution in [2.24, 2.45) is 11.8 Å². The second-order valence-corrected chi connectivity index (χ2v) is 8.78. The quantitative estimate of drug-likeness (QED) is 0.781. The lowest BCUT2D eigenvalue weighted by atomic mass is 10.3. The topological polar surface area (TPSA) is 66.5 Å². The van der Waals surface area contributed by atoms with Gasteiger partial charge in [-0.3, -0.25) is 4.79 Å². The second kappa shape index (κ2) is 5.26. The average Bonchev–Trinajstić information content (AvgIpc) is 3.27. The first-order valence-electron chi connectivity index (χ1n) is 6.91. The fourth-order valence-electron chi connectivity index (χ4n) is 2.27. The summed E-state index contributed by atoms with van der Waals surface area (Å²) in [6, 6.07) is -0.493. The molecule has 0 aromatic carbocycles. The van der Waals surface area contributed by atoms with E-state index in [1.54, 1.807) is 0 Å². The third-order valence-corrected chi connectivity index (χ3v) is 7.07. The van der Waals surface area contributed by atoms with E-state index < -0.39 is 16.1 Å². The molecule has 3 rings (SSSR count). The highest BCUT2D eigenvalue weighted by Gasteiger charge is 2.41. The van der Waals surface area contributed by atoms with Crippen molar-refractivity contribution in [1.29, 1.82) is 0 Å². The number of hydrogen-bond donors (Lipinski definition) is 1. The predicted octanol–water partition coefficient (Wildman–Crippen LogP) is 0.627. The first-order chi connectivity index (χ1) is 9.06. The molecule has 1 unspecified atom stereocenters. The van der Waals surface area contributed by atoms with Crippen LogP contribution in [0.5, 0.6) is 0 Å². The number of thioether (sulfide) groups is 1. The average molecular weight is 304 g/mol. The Morgan fingerprint density at radius 1 is 1.21 bits per heavy atom. The summed E-state index contributed by atoms with van der Waals surface area (Å²) in [6.07, 6.45) is 4.39. The van der Waals surface area contributed by atoms with E-state index in [1.165, 1.54) is 28.9 Å². The number of nitrogens with zero attached hydrogens (tertiary/aromatic N) is 1. The highest BCUT2D eigenvalue weighted by molar-refractivity contribution is 8.00. The van der Waals surface area contributed by atoms with Gasteiger partial charge >= 0.3 is 0 Å². The zero-order valence-corrected chi connectivity index (χ0v) is 12.5. The van der Waals surface area contributed by atoms with Crippen molar-refractivity contribution in [3.63, 3.8) is 0 Å². The van der Waals surface area contributed by atoms with Crippen LogP contribution in [0.2, 0.25) is 0 Å². The monoisotopic (exact) mass is 304 g/mol. The van der Waals surface area contributed by atoms with Gasteiger partial charge in [-0.1, -0.05) is 0 Å². The number of amides is 1. The van der Waals surface area contributed by atoms with E-state index in [0.29, 0.717) is 30.0 Å². The Labute approximate surface area is 118 Å². The van der Waals surface area contributed by atoms with E-state index in [-0.39, 0.29) is 11.7 Å². The van der Waals surface area contributed by atoms with Gasteiger partial charge in [0.05, 0.1) is 11.6 Å². The van der Waals surface area contributed by atoms with Crippen LogP contribution in [0.25, 0.3) is 0 Å². The molecule has 1 amide bonds. The van der Waals surface area contributed by atoms with E-state index in [2.05, 4.69) is 5.32 Å². The first-order valence-corrected chi connectivity index (χ1v) is 9.67. The van der Waals surface area contributed by atoms with Crippen LogP contribution in [0, 0.1) is 11.8 Å². The Bertz CT molecular complexity index is 458. The Balaban J connectivity index is 1.60. The Morgan fingerprint density at radius 3 is 2.53 bits per heavy atom. The van der Waals surface area contributed by atoms with Crippen molar-refractivity contribution in [3.8, 4) is 0 Å². The van der Waals surface area contributed by atoms with Gasteiger partial charge in [0.15, 0.2) is 0 Å². The molecule has 3 aliphatic rings. The number of carbonyl (C=O) groups is 1. The predicted molar refractivity (Wildman–Crippen MR) is 75.2 cm³/mol. The summed E-state index contributed by atoms with van der Waals surface area (Å²) < 4.78 is 26.0. The second-order valence-electron chi connectivity index (χ2n) is 5.81. The molecule has 0 bridgehead atoms. The smallest absolute Gasteiger partial charge is 0.239 e. The largest absolute Gasteiger partial charge is 0.354 e. The molecule has 2 saturated carbocycles. The molecular formula is C12H20N2O3S2. The Hall–Kier alpha value is -0.270. The SMILES string of the molecule is O=C(NCC1CC1)C1CSCN1S(=O)(=O)CC1CC1. The third kappa shape index (κ3) is 3.44. The zero-order chi connectivity index (χ0) is 13.5. The maximum atomic E-state index is 12.3. The molecule has 1 saturated heterocycles. The molecule has 19 heavy (non-hydrogen) atoms. The molecule has 0 spiro atoms. The summed E-state index contributed by atoms with van der Waals surface area (Å²) in [7, 11) is -3.26. The summed E-state index contributed by atoms with van der Waals surface area (Å²) in [5.41, 5.74) is 0. The lowest BCUT2D eigenvalue weighted by Gasteiger charge is -2.22. The molecule has 1 aliphatic heterocycles. The van der Waals surface area contributed by atoms with Crippen molar-refractivity contribution in [2.75, 3.05) is 23.9 Å². The molecule has 2 aliphatic carbocycles. The minimum Gasteiger partial charge on any atom is -0.354 e. The number of hydrogen-bond acceptors (Lipinski definition) is 4. The molecule has 7 heteroatoms. The molecule has 0 aromatic heterocycles. The number of rotatable bonds is 6. The lowest BCUT2D eigenvalue weighted by Crippen LogP contribution is -2.48. The molecule has 1 atom stereocenters. The van der Waals surface area contributed by atoms with E-state index in [0.717, 1.165) is 12.8 Å². The van der Waals surface area contributed by atoms with Crippen molar-refractivity contribution in [3.05, 3.63) is 0 Å². The van der Waals surface area contributed by atoms with Gasteiger partial charge in [-0.25, -0.2) is 8.42 Å². The Kier molecular flexibility index (Phi) is 3.79. The van der Waals surface area contributed by atoms with Crippen LogP contribution in [0.1, 0.15) is 25.7 Å². The fraction of sp³-hybridized carbons (Fsp3) is 0.917. The van der Waals surface area contributed by atoms with E-state index >= 15 is 0 Å². The van der Waals surface area contributed by atoms with Crippen molar-refractivity contribution < 1.29 is 13.2 Å². The van der Waals surface area contributed by atoms with Crippen LogP contribution in [0.4, 0.5) is 0 Å². The first kappa shape index (κ1) is 13.7. The minimum atomic E-state index is -3.26. The van der Waals surface area contributed by atoms with Crippen LogP contribution >= 0.6 is 11.8 Å². The van der Waals surface area contributed by atoms with Crippen molar-refractivity contribution >= 4 is 27.7 Å². The summed E-state index contributed by atoms with van der Waals surface area (Å²) in [4.78, 5) is 12.1. The summed E-state index contributed by atoms with van der Waals surface area (Å²) >= 11 is 1.53. The maximum Gasteiger partial charge on any atom is 0.239 e. The summed E-state index contributed by atoms with van der Waals surface area (Å²) in [5.74, 6) is 2.06. The maximum absolute atomic E-state index is 12.3. The molecule has 1 heterocycles. The van der Waals surface area contributed by atoms with Crippen LogP contribution in [-0.2, 0) is 14.8 Å². The zero-order valence-electron chi connectivity index (χ0n) is 10.9. The van der Waals surface area contributed by atoms with Crippen LogP contribution in [0.15, 0.2) is 0 Å². The summed E-state index contributed by atoms with van der Waals surface area (Å²) in [5, 5.41) is 2.90. The van der Waals surface area contributed by atoms with Gasteiger partial charge in [-0.05, 0) is 37.5 Å². The number of sulfonamides is 1. The normalized spacial score (nSPS) is 28.5. The highest BCUT2D eigenvalue weighted by atomic mass is 32.2. The van der Waals surface area contributed by atoms with Gasteiger partial charge in [0.2, 0.25) is 15.9 Å². The van der Waals surface area contributed by atoms with Gasteiger partial charge in [0, 0.05) is 12.3 Å². The molecular weight excluding hydrogens is 284 g/mol. The van der Waals surface area contributed by atoms with Gasteiger partial charge in [-0.2, -0.15) is 4.31 Å². The van der Waals surface area contributed by atoms with Crippen LogP contribution in [-0.4, -0.2) is 48.6 Å². The van der Waals surface area contributed by atoms with E-state index in [4.69, 9.17) is 0 Å². The molecule has 5 nitrogen and oxygen atoms in total. The summed E-state index contributed by atoms with van der Waals surface area (Å²) in [6.45, 7) is 0.705. The highest BCUT2D eigenvalue weighted by Crippen LogP contribution is 2.34. The molecule has 0 radical (unpaired) electrons. The molecule has 3 fully saturated rings. The van der Waals surface area contributed by atoms with E-state index in [9.17, 15) is 13.2 Å². The van der Waals surface area contributed by atoms with E-state index in [1.807, 2.05) is 0 Å². The van der Waals surface area contributed by atoms with Crippen LogP contribution in [0.3, 0.4) is 0 Å².